The summed E-state index contributed by atoms with van der Waals surface area (Å²) >= 11 is 0. The number of rotatable bonds is 1. The first kappa shape index (κ1) is 13.8. The second-order valence-corrected chi connectivity index (χ2v) is 5.71. The number of terminal acetylenes is 1. The van der Waals surface area contributed by atoms with E-state index in [0.29, 0.717) is 0 Å². The van der Waals surface area contributed by atoms with Gasteiger partial charge in [0.25, 0.3) is 0 Å². The van der Waals surface area contributed by atoms with E-state index in [1.165, 1.54) is 11.9 Å². The summed E-state index contributed by atoms with van der Waals surface area (Å²) in [5.74, 6) is 1.41. The summed E-state index contributed by atoms with van der Waals surface area (Å²) in [5, 5.41) is 0. The van der Waals surface area contributed by atoms with Crippen molar-refractivity contribution in [2.24, 2.45) is 11.8 Å². The molecule has 2 saturated heterocycles. The number of carbonyl (C=O) groups excluding carboxylic acids is 2. The highest BCUT2D eigenvalue weighted by molar-refractivity contribution is 6.06. The first-order valence-electron chi connectivity index (χ1n) is 6.90. The Kier molecular flexibility index (Phi) is 3.07. The van der Waals surface area contributed by atoms with Crippen LogP contribution < -0.4 is 0 Å². The molecule has 2 aliphatic heterocycles. The maximum Gasteiger partial charge on any atom is 0.235 e. The Morgan fingerprint density at radius 2 is 1.86 bits per heavy atom. The van der Waals surface area contributed by atoms with Gasteiger partial charge in [-0.1, -0.05) is 12.0 Å². The van der Waals surface area contributed by atoms with E-state index in [-0.39, 0.29) is 23.9 Å². The number of aromatic nitrogens is 1. The molecule has 2 aliphatic rings. The number of aryl methyl sites for hydroxylation is 1. The average Bonchev–Trinajstić information content (AvgIpc) is 2.87. The van der Waals surface area contributed by atoms with E-state index in [9.17, 15) is 9.59 Å². The third kappa shape index (κ3) is 1.79. The Hall–Kier alpha value is -2.19. The molecule has 1 aromatic heterocycles. The maximum atomic E-state index is 12.5. The number of pyridine rings is 1. The van der Waals surface area contributed by atoms with Gasteiger partial charge in [0.05, 0.1) is 29.6 Å². The van der Waals surface area contributed by atoms with E-state index in [1.807, 2.05) is 37.1 Å². The quantitative estimate of drug-likeness (QED) is 0.560. The van der Waals surface area contributed by atoms with Crippen LogP contribution in [-0.2, 0) is 9.59 Å². The fourth-order valence-electron chi connectivity index (χ4n) is 3.55. The summed E-state index contributed by atoms with van der Waals surface area (Å²) in [7, 11) is 3.38. The number of nitrogens with zero attached hydrogens (tertiary/aromatic N) is 3. The zero-order chi connectivity index (χ0) is 15.3. The van der Waals surface area contributed by atoms with Crippen molar-refractivity contribution in [1.82, 2.24) is 14.8 Å². The monoisotopic (exact) mass is 283 g/mol. The lowest BCUT2D eigenvalue weighted by molar-refractivity contribution is -0.139. The third-order valence-corrected chi connectivity index (χ3v) is 4.56. The van der Waals surface area contributed by atoms with Crippen LogP contribution in [0.2, 0.25) is 0 Å². The highest BCUT2D eigenvalue weighted by Gasteiger charge is 2.60. The van der Waals surface area contributed by atoms with E-state index < -0.39 is 11.8 Å². The summed E-state index contributed by atoms with van der Waals surface area (Å²) in [6.45, 7) is 1.91. The van der Waals surface area contributed by atoms with Gasteiger partial charge in [-0.15, -0.1) is 6.42 Å². The number of imide groups is 1. The van der Waals surface area contributed by atoms with Crippen LogP contribution >= 0.6 is 0 Å². The molecule has 0 aliphatic carbocycles. The van der Waals surface area contributed by atoms with Gasteiger partial charge in [0.2, 0.25) is 11.8 Å². The second kappa shape index (κ2) is 4.68. The van der Waals surface area contributed by atoms with Crippen LogP contribution in [-0.4, -0.2) is 46.7 Å². The Morgan fingerprint density at radius 3 is 2.48 bits per heavy atom. The molecule has 5 heteroatoms. The van der Waals surface area contributed by atoms with Gasteiger partial charge in [-0.05, 0) is 26.1 Å². The Morgan fingerprint density at radius 1 is 1.19 bits per heavy atom. The van der Waals surface area contributed by atoms with Crippen molar-refractivity contribution in [2.45, 2.75) is 19.0 Å². The van der Waals surface area contributed by atoms with E-state index in [1.54, 1.807) is 0 Å². The van der Waals surface area contributed by atoms with Gasteiger partial charge in [0, 0.05) is 12.7 Å². The number of carbonyl (C=O) groups is 2. The molecule has 0 N–H and O–H groups in total. The first-order valence-corrected chi connectivity index (χ1v) is 6.90. The molecule has 2 amide bonds. The molecule has 0 bridgehead atoms. The lowest BCUT2D eigenvalue weighted by Crippen LogP contribution is -2.38. The molecular formula is C16H17N3O2. The molecule has 0 unspecified atom stereocenters. The van der Waals surface area contributed by atoms with E-state index >= 15 is 0 Å². The van der Waals surface area contributed by atoms with Crippen molar-refractivity contribution in [3.8, 4) is 12.3 Å². The molecule has 0 radical (unpaired) electrons. The van der Waals surface area contributed by atoms with Gasteiger partial charge >= 0.3 is 0 Å². The van der Waals surface area contributed by atoms with Gasteiger partial charge < -0.3 is 0 Å². The lowest BCUT2D eigenvalue weighted by atomic mass is 9.88. The molecule has 4 atom stereocenters. The molecular weight excluding hydrogens is 266 g/mol. The number of likely N-dealkylation sites (tertiary alicyclic amines) is 2. The summed E-state index contributed by atoms with van der Waals surface area (Å²) in [6.07, 6.45) is 5.61. The van der Waals surface area contributed by atoms with Crippen LogP contribution in [0.3, 0.4) is 0 Å². The molecule has 0 saturated carbocycles. The number of fused-ring (bicyclic) bond motifs is 1. The summed E-state index contributed by atoms with van der Waals surface area (Å²) < 4.78 is 0. The van der Waals surface area contributed by atoms with Crippen molar-refractivity contribution in [2.75, 3.05) is 14.1 Å². The molecule has 5 nitrogen and oxygen atoms in total. The fraction of sp³-hybridized carbons (Fsp3) is 0.438. The summed E-state index contributed by atoms with van der Waals surface area (Å²) in [5.41, 5.74) is 1.67. The van der Waals surface area contributed by atoms with Crippen LogP contribution in [0, 0.1) is 31.1 Å². The SMILES string of the molecule is C#C[C@H]1[C@@H]2C(=O)N(C)C(=O)[C@@H]2[C@H](c2cccc(C)n2)N1C. The largest absolute Gasteiger partial charge is 0.285 e. The zero-order valence-electron chi connectivity index (χ0n) is 12.3. The summed E-state index contributed by atoms with van der Waals surface area (Å²) in [4.78, 5) is 32.4. The van der Waals surface area contributed by atoms with E-state index in [2.05, 4.69) is 10.9 Å². The zero-order valence-corrected chi connectivity index (χ0v) is 12.3. The Balaban J connectivity index is 2.11. The minimum atomic E-state index is -0.468. The van der Waals surface area contributed by atoms with Crippen molar-refractivity contribution < 1.29 is 9.59 Å². The smallest absolute Gasteiger partial charge is 0.235 e. The van der Waals surface area contributed by atoms with Crippen molar-refractivity contribution in [3.63, 3.8) is 0 Å². The molecule has 2 fully saturated rings. The third-order valence-electron chi connectivity index (χ3n) is 4.56. The maximum absolute atomic E-state index is 12.5. The highest BCUT2D eigenvalue weighted by Crippen LogP contribution is 2.47. The standard InChI is InChI=1S/C16H17N3O2/c1-5-11-12-13(16(21)19(4)15(12)20)14(18(11)3)10-8-6-7-9(2)17-10/h1,6-8,11-14H,2-4H3/t11-,12-,13-,14-/m0/s1. The molecule has 21 heavy (non-hydrogen) atoms. The summed E-state index contributed by atoms with van der Waals surface area (Å²) in [6, 6.07) is 5.08. The van der Waals surface area contributed by atoms with E-state index in [4.69, 9.17) is 6.42 Å². The van der Waals surface area contributed by atoms with Crippen LogP contribution in [0.5, 0.6) is 0 Å². The highest BCUT2D eigenvalue weighted by atomic mass is 16.2. The predicted molar refractivity (Wildman–Crippen MR) is 76.9 cm³/mol. The van der Waals surface area contributed by atoms with Crippen molar-refractivity contribution in [3.05, 3.63) is 29.6 Å². The lowest BCUT2D eigenvalue weighted by Gasteiger charge is -2.26. The van der Waals surface area contributed by atoms with Crippen molar-refractivity contribution in [1.29, 1.82) is 0 Å². The first-order chi connectivity index (χ1) is 9.97. The topological polar surface area (TPSA) is 53.5 Å². The number of hydrogen-bond donors (Lipinski definition) is 0. The van der Waals surface area contributed by atoms with Crippen LogP contribution in [0.1, 0.15) is 17.4 Å². The Labute approximate surface area is 123 Å². The van der Waals surface area contributed by atoms with Gasteiger partial charge in [-0.3, -0.25) is 24.4 Å². The second-order valence-electron chi connectivity index (χ2n) is 5.71. The molecule has 3 heterocycles. The Bertz CT molecular complexity index is 664. The van der Waals surface area contributed by atoms with Gasteiger partial charge in [0.15, 0.2) is 0 Å². The van der Waals surface area contributed by atoms with Crippen molar-refractivity contribution >= 4 is 11.8 Å². The van der Waals surface area contributed by atoms with Crippen LogP contribution in [0.15, 0.2) is 18.2 Å². The minimum Gasteiger partial charge on any atom is -0.285 e. The molecule has 0 aromatic carbocycles. The molecule has 108 valence electrons. The normalized spacial score (nSPS) is 32.4. The number of hydrogen-bond acceptors (Lipinski definition) is 4. The van der Waals surface area contributed by atoms with Crippen LogP contribution in [0.4, 0.5) is 0 Å². The molecule has 0 spiro atoms. The fourth-order valence-corrected chi connectivity index (χ4v) is 3.55. The number of amides is 2. The van der Waals surface area contributed by atoms with Gasteiger partial charge in [-0.25, -0.2) is 0 Å². The average molecular weight is 283 g/mol. The predicted octanol–water partition coefficient (Wildman–Crippen LogP) is 0.609. The molecule has 1 aromatic rings. The minimum absolute atomic E-state index is 0.164. The van der Waals surface area contributed by atoms with Crippen LogP contribution in [0.25, 0.3) is 0 Å². The van der Waals surface area contributed by atoms with Gasteiger partial charge in [-0.2, -0.15) is 0 Å². The van der Waals surface area contributed by atoms with E-state index in [0.717, 1.165) is 11.4 Å². The molecule has 3 rings (SSSR count). The van der Waals surface area contributed by atoms with Gasteiger partial charge in [0.1, 0.15) is 0 Å².